The smallest absolute Gasteiger partial charge is 0.305 e. The van der Waals surface area contributed by atoms with Gasteiger partial charge in [-0.05, 0) is 19.8 Å². The van der Waals surface area contributed by atoms with Crippen molar-refractivity contribution in [3.63, 3.8) is 0 Å². The van der Waals surface area contributed by atoms with Crippen LogP contribution >= 0.6 is 0 Å². The van der Waals surface area contributed by atoms with Gasteiger partial charge in [-0.1, -0.05) is 0 Å². The Morgan fingerprint density at radius 2 is 1.95 bits per heavy atom. The van der Waals surface area contributed by atoms with Crippen LogP contribution in [0.1, 0.15) is 26.2 Å². The van der Waals surface area contributed by atoms with Crippen LogP contribution in [0.25, 0.3) is 0 Å². The molecule has 0 aromatic heterocycles. The SMILES string of the molecule is CCOCCS(=O)(=O)N1CCC(OCCC(=O)O)CC1. The predicted molar refractivity (Wildman–Crippen MR) is 73.1 cm³/mol. The average molecular weight is 309 g/mol. The van der Waals surface area contributed by atoms with Crippen LogP contribution in [0.5, 0.6) is 0 Å². The summed E-state index contributed by atoms with van der Waals surface area (Å²) < 4.78 is 36.0. The number of ether oxygens (including phenoxy) is 2. The molecule has 1 N–H and O–H groups in total. The van der Waals surface area contributed by atoms with Crippen LogP contribution < -0.4 is 0 Å². The number of carboxylic acids is 1. The number of carboxylic acid groups (broad SMARTS) is 1. The average Bonchev–Trinajstić information content (AvgIpc) is 2.39. The molecule has 0 aliphatic carbocycles. The maximum Gasteiger partial charge on any atom is 0.305 e. The van der Waals surface area contributed by atoms with Crippen molar-refractivity contribution in [2.75, 3.05) is 38.7 Å². The molecule has 20 heavy (non-hydrogen) atoms. The molecule has 1 fully saturated rings. The Morgan fingerprint density at radius 1 is 1.30 bits per heavy atom. The van der Waals surface area contributed by atoms with Gasteiger partial charge in [0.15, 0.2) is 0 Å². The minimum Gasteiger partial charge on any atom is -0.481 e. The van der Waals surface area contributed by atoms with E-state index in [4.69, 9.17) is 14.6 Å². The second kappa shape index (κ2) is 8.56. The molecule has 1 aliphatic rings. The summed E-state index contributed by atoms with van der Waals surface area (Å²) in [6.07, 6.45) is 1.14. The second-order valence-corrected chi connectivity index (χ2v) is 6.71. The van der Waals surface area contributed by atoms with E-state index in [-0.39, 0.29) is 31.5 Å². The molecule has 0 radical (unpaired) electrons. The van der Waals surface area contributed by atoms with Gasteiger partial charge in [0.1, 0.15) is 0 Å². The van der Waals surface area contributed by atoms with Crippen molar-refractivity contribution in [2.45, 2.75) is 32.3 Å². The van der Waals surface area contributed by atoms with E-state index in [1.807, 2.05) is 6.92 Å². The van der Waals surface area contributed by atoms with Gasteiger partial charge in [-0.3, -0.25) is 4.79 Å². The van der Waals surface area contributed by atoms with Crippen LogP contribution in [0.4, 0.5) is 0 Å². The first kappa shape index (κ1) is 17.4. The number of hydrogen-bond acceptors (Lipinski definition) is 5. The lowest BCUT2D eigenvalue weighted by atomic mass is 10.1. The molecule has 0 aromatic carbocycles. The van der Waals surface area contributed by atoms with Crippen molar-refractivity contribution in [3.05, 3.63) is 0 Å². The Labute approximate surface area is 119 Å². The van der Waals surface area contributed by atoms with Gasteiger partial charge in [-0.2, -0.15) is 0 Å². The Hall–Kier alpha value is -0.700. The zero-order valence-corrected chi connectivity index (χ0v) is 12.6. The largest absolute Gasteiger partial charge is 0.481 e. The number of nitrogens with zero attached hydrogens (tertiary/aromatic N) is 1. The van der Waals surface area contributed by atoms with Crippen LogP contribution in [0.3, 0.4) is 0 Å². The monoisotopic (exact) mass is 309 g/mol. The molecule has 0 unspecified atom stereocenters. The fourth-order valence-corrected chi connectivity index (χ4v) is 3.38. The highest BCUT2D eigenvalue weighted by Gasteiger charge is 2.28. The van der Waals surface area contributed by atoms with Crippen molar-refractivity contribution < 1.29 is 27.8 Å². The molecule has 1 rings (SSSR count). The first-order valence-electron chi connectivity index (χ1n) is 6.84. The fraction of sp³-hybridized carbons (Fsp3) is 0.917. The molecule has 7 nitrogen and oxygen atoms in total. The molecule has 118 valence electrons. The molecule has 8 heteroatoms. The molecule has 0 amide bonds. The van der Waals surface area contributed by atoms with Gasteiger partial charge >= 0.3 is 5.97 Å². The summed E-state index contributed by atoms with van der Waals surface area (Å²) in [4.78, 5) is 10.4. The van der Waals surface area contributed by atoms with Gasteiger partial charge in [0.2, 0.25) is 10.0 Å². The zero-order chi connectivity index (χ0) is 15.0. The molecular formula is C12H23NO6S. The first-order valence-corrected chi connectivity index (χ1v) is 8.45. The van der Waals surface area contributed by atoms with E-state index in [1.165, 1.54) is 4.31 Å². The lowest BCUT2D eigenvalue weighted by Gasteiger charge is -2.31. The topological polar surface area (TPSA) is 93.1 Å². The minimum atomic E-state index is -3.25. The number of rotatable bonds is 9. The molecule has 1 heterocycles. The lowest BCUT2D eigenvalue weighted by Crippen LogP contribution is -2.42. The minimum absolute atomic E-state index is 0.00534. The molecule has 0 aromatic rings. The number of aliphatic carboxylic acids is 1. The van der Waals surface area contributed by atoms with E-state index in [0.717, 1.165) is 0 Å². The van der Waals surface area contributed by atoms with Crippen molar-refractivity contribution in [3.8, 4) is 0 Å². The van der Waals surface area contributed by atoms with Gasteiger partial charge in [0, 0.05) is 19.7 Å². The van der Waals surface area contributed by atoms with Gasteiger partial charge < -0.3 is 14.6 Å². The Balaban J connectivity index is 2.28. The standard InChI is InChI=1S/C12H23NO6S/c1-2-18-9-10-20(16,17)13-6-3-11(4-7-13)19-8-5-12(14)15/h11H,2-10H2,1H3,(H,14,15). The summed E-state index contributed by atoms with van der Waals surface area (Å²) in [5, 5.41) is 8.52. The predicted octanol–water partition coefficient (Wildman–Crippen LogP) is 0.308. The van der Waals surface area contributed by atoms with Gasteiger partial charge in [-0.15, -0.1) is 0 Å². The Bertz CT molecular complexity index is 389. The number of sulfonamides is 1. The van der Waals surface area contributed by atoms with Crippen LogP contribution in [-0.4, -0.2) is 68.6 Å². The Morgan fingerprint density at radius 3 is 2.50 bits per heavy atom. The molecule has 1 aliphatic heterocycles. The number of carbonyl (C=O) groups is 1. The normalized spacial score (nSPS) is 18.2. The summed E-state index contributed by atoms with van der Waals surface area (Å²) in [7, 11) is -3.25. The van der Waals surface area contributed by atoms with Crippen molar-refractivity contribution >= 4 is 16.0 Å². The molecule has 0 saturated carbocycles. The third-order valence-electron chi connectivity index (χ3n) is 3.15. The van der Waals surface area contributed by atoms with Crippen molar-refractivity contribution in [2.24, 2.45) is 0 Å². The summed E-state index contributed by atoms with van der Waals surface area (Å²) >= 11 is 0. The van der Waals surface area contributed by atoms with Crippen molar-refractivity contribution in [1.29, 1.82) is 0 Å². The maximum absolute atomic E-state index is 12.0. The Kier molecular flexibility index (Phi) is 7.42. The van der Waals surface area contributed by atoms with E-state index in [9.17, 15) is 13.2 Å². The summed E-state index contributed by atoms with van der Waals surface area (Å²) in [6, 6.07) is 0. The van der Waals surface area contributed by atoms with Crippen molar-refractivity contribution in [1.82, 2.24) is 4.31 Å². The molecule has 0 bridgehead atoms. The zero-order valence-electron chi connectivity index (χ0n) is 11.8. The van der Waals surface area contributed by atoms with E-state index in [1.54, 1.807) is 0 Å². The van der Waals surface area contributed by atoms with E-state index in [0.29, 0.717) is 32.5 Å². The quantitative estimate of drug-likeness (QED) is 0.616. The van der Waals surface area contributed by atoms with Crippen LogP contribution in [0.15, 0.2) is 0 Å². The number of piperidine rings is 1. The fourth-order valence-electron chi connectivity index (χ4n) is 2.03. The summed E-state index contributed by atoms with van der Waals surface area (Å²) in [6.45, 7) is 3.57. The summed E-state index contributed by atoms with van der Waals surface area (Å²) in [5.41, 5.74) is 0. The highest BCUT2D eigenvalue weighted by Crippen LogP contribution is 2.17. The van der Waals surface area contributed by atoms with Crippen LogP contribution in [0, 0.1) is 0 Å². The highest BCUT2D eigenvalue weighted by molar-refractivity contribution is 7.89. The molecule has 1 saturated heterocycles. The van der Waals surface area contributed by atoms with Crippen LogP contribution in [-0.2, 0) is 24.3 Å². The summed E-state index contributed by atoms with van der Waals surface area (Å²) in [5.74, 6) is -0.883. The van der Waals surface area contributed by atoms with E-state index in [2.05, 4.69) is 0 Å². The lowest BCUT2D eigenvalue weighted by molar-refractivity contribution is -0.138. The molecule has 0 atom stereocenters. The first-order chi connectivity index (χ1) is 9.45. The third kappa shape index (κ3) is 6.17. The molecule has 0 spiro atoms. The van der Waals surface area contributed by atoms with Gasteiger partial charge in [0.25, 0.3) is 0 Å². The van der Waals surface area contributed by atoms with E-state index < -0.39 is 16.0 Å². The van der Waals surface area contributed by atoms with Gasteiger partial charge in [-0.25, -0.2) is 12.7 Å². The maximum atomic E-state index is 12.0. The second-order valence-electron chi connectivity index (χ2n) is 4.63. The van der Waals surface area contributed by atoms with E-state index >= 15 is 0 Å². The third-order valence-corrected chi connectivity index (χ3v) is 4.99. The molecular weight excluding hydrogens is 286 g/mol. The number of hydrogen-bond donors (Lipinski definition) is 1. The van der Waals surface area contributed by atoms with Gasteiger partial charge in [0.05, 0.1) is 31.5 Å². The highest BCUT2D eigenvalue weighted by atomic mass is 32.2. The van der Waals surface area contributed by atoms with Crippen LogP contribution in [0.2, 0.25) is 0 Å².